The number of nitrogens with zero attached hydrogens (tertiary/aromatic N) is 1. The van der Waals surface area contributed by atoms with Gasteiger partial charge in [-0.1, -0.05) is 0 Å². The molecule has 0 radical (unpaired) electrons. The average molecular weight is 211 g/mol. The number of hydrogen-bond acceptors (Lipinski definition) is 3. The molecule has 1 aromatic rings. The molecule has 82 valence electrons. The van der Waals surface area contributed by atoms with Gasteiger partial charge in [-0.25, -0.2) is 4.79 Å². The SMILES string of the molecule is CC1COCCN1C(=O)c1c[nH]c(=O)[nH]1. The summed E-state index contributed by atoms with van der Waals surface area (Å²) in [4.78, 5) is 29.3. The van der Waals surface area contributed by atoms with Crippen LogP contribution in [0.2, 0.25) is 0 Å². The number of H-pyrrole nitrogens is 2. The van der Waals surface area contributed by atoms with Gasteiger partial charge in [-0.3, -0.25) is 4.79 Å². The van der Waals surface area contributed by atoms with E-state index >= 15 is 0 Å². The Labute approximate surface area is 86.2 Å². The summed E-state index contributed by atoms with van der Waals surface area (Å²) in [6.07, 6.45) is 1.40. The lowest BCUT2D eigenvalue weighted by molar-refractivity contribution is 0.00329. The summed E-state index contributed by atoms with van der Waals surface area (Å²) < 4.78 is 5.23. The fourth-order valence-corrected chi connectivity index (χ4v) is 1.63. The van der Waals surface area contributed by atoms with Crippen LogP contribution in [-0.4, -0.2) is 46.6 Å². The number of imidazole rings is 1. The van der Waals surface area contributed by atoms with Crippen LogP contribution in [0.25, 0.3) is 0 Å². The summed E-state index contributed by atoms with van der Waals surface area (Å²) >= 11 is 0. The van der Waals surface area contributed by atoms with Gasteiger partial charge in [-0.15, -0.1) is 0 Å². The van der Waals surface area contributed by atoms with Crippen LogP contribution in [0.5, 0.6) is 0 Å². The van der Waals surface area contributed by atoms with Crippen LogP contribution in [0.15, 0.2) is 11.0 Å². The van der Waals surface area contributed by atoms with Crippen LogP contribution in [0.4, 0.5) is 0 Å². The molecular formula is C9H13N3O3. The highest BCUT2D eigenvalue weighted by Crippen LogP contribution is 2.09. The van der Waals surface area contributed by atoms with Crippen LogP contribution in [0.1, 0.15) is 17.4 Å². The van der Waals surface area contributed by atoms with E-state index in [1.807, 2.05) is 6.92 Å². The van der Waals surface area contributed by atoms with E-state index in [2.05, 4.69) is 9.97 Å². The molecule has 0 aromatic carbocycles. The number of rotatable bonds is 1. The lowest BCUT2D eigenvalue weighted by Crippen LogP contribution is -2.47. The van der Waals surface area contributed by atoms with Crippen LogP contribution in [-0.2, 0) is 4.74 Å². The molecule has 0 aliphatic carbocycles. The molecule has 0 spiro atoms. The summed E-state index contributed by atoms with van der Waals surface area (Å²) in [6, 6.07) is 0.0460. The third-order valence-electron chi connectivity index (χ3n) is 2.45. The summed E-state index contributed by atoms with van der Waals surface area (Å²) in [6.45, 7) is 3.57. The highest BCUT2D eigenvalue weighted by Gasteiger charge is 2.25. The molecule has 1 aliphatic heterocycles. The van der Waals surface area contributed by atoms with Crippen molar-refractivity contribution in [3.8, 4) is 0 Å². The van der Waals surface area contributed by atoms with Crippen molar-refractivity contribution in [1.29, 1.82) is 0 Å². The van der Waals surface area contributed by atoms with Gasteiger partial charge in [0.05, 0.1) is 19.3 Å². The predicted octanol–water partition coefficient (Wildman–Crippen LogP) is -0.436. The first-order chi connectivity index (χ1) is 7.18. The Bertz CT molecular complexity index is 409. The van der Waals surface area contributed by atoms with E-state index in [9.17, 15) is 9.59 Å². The highest BCUT2D eigenvalue weighted by molar-refractivity contribution is 5.92. The van der Waals surface area contributed by atoms with Gasteiger partial charge in [-0.05, 0) is 6.92 Å². The second-order valence-electron chi connectivity index (χ2n) is 3.58. The number of ether oxygens (including phenoxy) is 1. The number of nitrogens with one attached hydrogen (secondary N) is 2. The molecule has 2 rings (SSSR count). The minimum absolute atomic E-state index is 0.0460. The first-order valence-electron chi connectivity index (χ1n) is 4.85. The van der Waals surface area contributed by atoms with Crippen molar-refractivity contribution in [3.63, 3.8) is 0 Å². The number of aromatic nitrogens is 2. The van der Waals surface area contributed by atoms with Crippen molar-refractivity contribution < 1.29 is 9.53 Å². The summed E-state index contributed by atoms with van der Waals surface area (Å²) in [5, 5.41) is 0. The van der Waals surface area contributed by atoms with E-state index in [1.54, 1.807) is 4.90 Å². The molecule has 0 saturated carbocycles. The maximum absolute atomic E-state index is 11.9. The molecule has 1 unspecified atom stereocenters. The van der Waals surface area contributed by atoms with Crippen LogP contribution in [0, 0.1) is 0 Å². The Kier molecular flexibility index (Phi) is 2.59. The maximum atomic E-state index is 11.9. The number of carbonyl (C=O) groups excluding carboxylic acids is 1. The van der Waals surface area contributed by atoms with E-state index in [0.29, 0.717) is 25.5 Å². The molecule has 1 aromatic heterocycles. The second-order valence-corrected chi connectivity index (χ2v) is 3.58. The van der Waals surface area contributed by atoms with E-state index < -0.39 is 0 Å². The largest absolute Gasteiger partial charge is 0.377 e. The molecule has 6 nitrogen and oxygen atoms in total. The molecule has 2 heterocycles. The first-order valence-corrected chi connectivity index (χ1v) is 4.85. The first kappa shape index (κ1) is 9.97. The normalized spacial score (nSPS) is 21.7. The number of morpholine rings is 1. The van der Waals surface area contributed by atoms with Gasteiger partial charge >= 0.3 is 5.69 Å². The van der Waals surface area contributed by atoms with Crippen molar-refractivity contribution >= 4 is 5.91 Å². The summed E-state index contributed by atoms with van der Waals surface area (Å²) in [7, 11) is 0. The number of aromatic amines is 2. The van der Waals surface area contributed by atoms with Crippen molar-refractivity contribution in [1.82, 2.24) is 14.9 Å². The van der Waals surface area contributed by atoms with Gasteiger partial charge in [0, 0.05) is 12.7 Å². The molecule has 1 aliphatic rings. The Morgan fingerprint density at radius 1 is 1.67 bits per heavy atom. The Hall–Kier alpha value is -1.56. The van der Waals surface area contributed by atoms with E-state index in [1.165, 1.54) is 6.20 Å². The Balaban J connectivity index is 2.16. The molecular weight excluding hydrogens is 198 g/mol. The van der Waals surface area contributed by atoms with E-state index in [-0.39, 0.29) is 17.6 Å². The standard InChI is InChI=1S/C9H13N3O3/c1-6-5-15-3-2-12(6)8(13)7-4-10-9(14)11-7/h4,6H,2-3,5H2,1H3,(H2,10,11,14). The zero-order valence-electron chi connectivity index (χ0n) is 8.45. The van der Waals surface area contributed by atoms with Crippen LogP contribution < -0.4 is 5.69 Å². The molecule has 15 heavy (non-hydrogen) atoms. The maximum Gasteiger partial charge on any atom is 0.323 e. The monoisotopic (exact) mass is 211 g/mol. The molecule has 6 heteroatoms. The van der Waals surface area contributed by atoms with Gasteiger partial charge in [0.15, 0.2) is 0 Å². The predicted molar refractivity (Wildman–Crippen MR) is 52.7 cm³/mol. The third-order valence-corrected chi connectivity index (χ3v) is 2.45. The number of amides is 1. The fourth-order valence-electron chi connectivity index (χ4n) is 1.63. The fraction of sp³-hybridized carbons (Fsp3) is 0.556. The van der Waals surface area contributed by atoms with Crippen molar-refractivity contribution in [2.45, 2.75) is 13.0 Å². The molecule has 1 atom stereocenters. The second kappa shape index (κ2) is 3.90. The highest BCUT2D eigenvalue weighted by atomic mass is 16.5. The lowest BCUT2D eigenvalue weighted by atomic mass is 10.2. The van der Waals surface area contributed by atoms with Crippen LogP contribution in [0.3, 0.4) is 0 Å². The van der Waals surface area contributed by atoms with Gasteiger partial charge in [-0.2, -0.15) is 0 Å². The summed E-state index contributed by atoms with van der Waals surface area (Å²) in [5.41, 5.74) is -0.0620. The Morgan fingerprint density at radius 2 is 2.47 bits per heavy atom. The minimum Gasteiger partial charge on any atom is -0.377 e. The lowest BCUT2D eigenvalue weighted by Gasteiger charge is -2.32. The van der Waals surface area contributed by atoms with Crippen molar-refractivity contribution in [2.24, 2.45) is 0 Å². The number of carbonyl (C=O) groups is 1. The average Bonchev–Trinajstić information content (AvgIpc) is 2.65. The van der Waals surface area contributed by atoms with E-state index in [4.69, 9.17) is 4.74 Å². The van der Waals surface area contributed by atoms with E-state index in [0.717, 1.165) is 0 Å². The Morgan fingerprint density at radius 3 is 3.07 bits per heavy atom. The molecule has 1 amide bonds. The zero-order chi connectivity index (χ0) is 10.8. The zero-order valence-corrected chi connectivity index (χ0v) is 8.45. The molecule has 0 bridgehead atoms. The van der Waals surface area contributed by atoms with Crippen LogP contribution >= 0.6 is 0 Å². The quantitative estimate of drug-likeness (QED) is 0.661. The van der Waals surface area contributed by atoms with Gasteiger partial charge in [0.1, 0.15) is 5.69 Å². The van der Waals surface area contributed by atoms with Crippen molar-refractivity contribution in [3.05, 3.63) is 22.4 Å². The smallest absolute Gasteiger partial charge is 0.323 e. The molecule has 1 saturated heterocycles. The van der Waals surface area contributed by atoms with Gasteiger partial charge in [0.2, 0.25) is 0 Å². The minimum atomic E-state index is -0.362. The third kappa shape index (κ3) is 1.94. The molecule has 1 fully saturated rings. The molecule has 2 N–H and O–H groups in total. The topological polar surface area (TPSA) is 78.2 Å². The number of hydrogen-bond donors (Lipinski definition) is 2. The van der Waals surface area contributed by atoms with Crippen molar-refractivity contribution in [2.75, 3.05) is 19.8 Å². The van der Waals surface area contributed by atoms with Gasteiger partial charge in [0.25, 0.3) is 5.91 Å². The summed E-state index contributed by atoms with van der Waals surface area (Å²) in [5.74, 6) is -0.163. The van der Waals surface area contributed by atoms with Gasteiger partial charge < -0.3 is 19.6 Å².